The number of amides is 1. The van der Waals surface area contributed by atoms with Crippen LogP contribution >= 0.6 is 11.6 Å². The molecule has 0 radical (unpaired) electrons. The molecule has 1 aliphatic rings. The van der Waals surface area contributed by atoms with E-state index in [1.54, 1.807) is 6.20 Å². The van der Waals surface area contributed by atoms with Gasteiger partial charge in [-0.2, -0.15) is 0 Å². The van der Waals surface area contributed by atoms with E-state index in [4.69, 9.17) is 11.6 Å². The number of rotatable bonds is 3. The molecule has 1 fully saturated rings. The van der Waals surface area contributed by atoms with Gasteiger partial charge in [0.25, 0.3) is 0 Å². The van der Waals surface area contributed by atoms with Gasteiger partial charge in [-0.05, 0) is 43.5 Å². The molecule has 0 spiro atoms. The highest BCUT2D eigenvalue weighted by molar-refractivity contribution is 6.30. The fourth-order valence-electron chi connectivity index (χ4n) is 3.04. The van der Waals surface area contributed by atoms with Crippen LogP contribution in [-0.4, -0.2) is 33.9 Å². The van der Waals surface area contributed by atoms with Crippen molar-refractivity contribution in [2.45, 2.75) is 32.1 Å². The number of nitrogens with zero attached hydrogens (tertiary/aromatic N) is 3. The fraction of sp³-hybridized carbons (Fsp3) is 0.389. The Balaban J connectivity index is 1.65. The summed E-state index contributed by atoms with van der Waals surface area (Å²) in [5.41, 5.74) is 2.04. The summed E-state index contributed by atoms with van der Waals surface area (Å²) >= 11 is 5.89. The molecule has 0 N–H and O–H groups in total. The van der Waals surface area contributed by atoms with Crippen LogP contribution < -0.4 is 0 Å². The highest BCUT2D eigenvalue weighted by Crippen LogP contribution is 2.26. The lowest BCUT2D eigenvalue weighted by atomic mass is 9.94. The molecule has 1 aliphatic heterocycles. The molecule has 1 aromatic heterocycles. The van der Waals surface area contributed by atoms with Gasteiger partial charge in [0.1, 0.15) is 5.82 Å². The third kappa shape index (κ3) is 4.08. The van der Waals surface area contributed by atoms with Crippen molar-refractivity contribution in [3.8, 4) is 0 Å². The molecule has 4 nitrogen and oxygen atoms in total. The van der Waals surface area contributed by atoms with E-state index in [1.165, 1.54) is 0 Å². The number of aryl methyl sites for hydroxylation is 1. The molecule has 0 saturated carbocycles. The first-order chi connectivity index (χ1) is 11.1. The predicted molar refractivity (Wildman–Crippen MR) is 90.5 cm³/mol. The third-order valence-electron chi connectivity index (χ3n) is 4.26. The molecule has 0 bridgehead atoms. The minimum atomic E-state index is 0.169. The molecule has 1 saturated heterocycles. The summed E-state index contributed by atoms with van der Waals surface area (Å²) in [4.78, 5) is 23.2. The van der Waals surface area contributed by atoms with E-state index in [0.717, 1.165) is 43.0 Å². The lowest BCUT2D eigenvalue weighted by Crippen LogP contribution is -2.40. The van der Waals surface area contributed by atoms with Crippen molar-refractivity contribution >= 4 is 17.5 Å². The van der Waals surface area contributed by atoms with Gasteiger partial charge in [-0.1, -0.05) is 23.7 Å². The zero-order valence-corrected chi connectivity index (χ0v) is 14.0. The summed E-state index contributed by atoms with van der Waals surface area (Å²) in [5.74, 6) is 1.26. The van der Waals surface area contributed by atoms with Gasteiger partial charge in [0.15, 0.2) is 0 Å². The smallest absolute Gasteiger partial charge is 0.227 e. The van der Waals surface area contributed by atoms with Gasteiger partial charge < -0.3 is 4.90 Å². The Hall–Kier alpha value is -1.94. The number of halogens is 1. The predicted octanol–water partition coefficient (Wildman–Crippen LogP) is 3.39. The van der Waals surface area contributed by atoms with Crippen LogP contribution in [0.1, 0.15) is 35.8 Å². The molecule has 0 aliphatic carbocycles. The van der Waals surface area contributed by atoms with E-state index < -0.39 is 0 Å². The molecule has 1 atom stereocenters. The standard InChI is InChI=1S/C18H20ClN3O/c1-13-20-9-8-17(21-13)15-3-2-10-22(12-15)18(23)11-14-4-6-16(19)7-5-14/h4-9,15H,2-3,10-12H2,1H3. The Morgan fingerprint density at radius 3 is 2.83 bits per heavy atom. The average molecular weight is 330 g/mol. The first-order valence-corrected chi connectivity index (χ1v) is 8.31. The van der Waals surface area contributed by atoms with Crippen LogP contribution in [0.15, 0.2) is 36.5 Å². The number of hydrogen-bond donors (Lipinski definition) is 0. The summed E-state index contributed by atoms with van der Waals surface area (Å²) in [6, 6.07) is 9.44. The van der Waals surface area contributed by atoms with E-state index in [0.29, 0.717) is 17.4 Å². The molecule has 1 aromatic carbocycles. The van der Waals surface area contributed by atoms with Gasteiger partial charge in [0, 0.05) is 35.9 Å². The first kappa shape index (κ1) is 15.9. The van der Waals surface area contributed by atoms with Crippen LogP contribution in [0.25, 0.3) is 0 Å². The lowest BCUT2D eigenvalue weighted by molar-refractivity contribution is -0.131. The maximum absolute atomic E-state index is 12.6. The highest BCUT2D eigenvalue weighted by atomic mass is 35.5. The summed E-state index contributed by atoms with van der Waals surface area (Å²) in [6.45, 7) is 3.46. The number of benzene rings is 1. The van der Waals surface area contributed by atoms with Crippen molar-refractivity contribution in [1.29, 1.82) is 0 Å². The van der Waals surface area contributed by atoms with Crippen LogP contribution in [0.3, 0.4) is 0 Å². The normalized spacial score (nSPS) is 18.0. The Morgan fingerprint density at radius 2 is 2.09 bits per heavy atom. The Labute approximate surface area is 141 Å². The number of piperidine rings is 1. The quantitative estimate of drug-likeness (QED) is 0.867. The second kappa shape index (κ2) is 7.09. The molecular weight excluding hydrogens is 310 g/mol. The SMILES string of the molecule is Cc1nccc(C2CCCN(C(=O)Cc3ccc(Cl)cc3)C2)n1. The van der Waals surface area contributed by atoms with Gasteiger partial charge in [-0.3, -0.25) is 4.79 Å². The second-order valence-electron chi connectivity index (χ2n) is 6.01. The molecular formula is C18H20ClN3O. The van der Waals surface area contributed by atoms with Crippen molar-refractivity contribution in [3.63, 3.8) is 0 Å². The van der Waals surface area contributed by atoms with Crippen molar-refractivity contribution in [1.82, 2.24) is 14.9 Å². The largest absolute Gasteiger partial charge is 0.342 e. The Bertz CT molecular complexity index is 687. The van der Waals surface area contributed by atoms with Crippen LogP contribution in [-0.2, 0) is 11.2 Å². The van der Waals surface area contributed by atoms with Crippen LogP contribution in [0.4, 0.5) is 0 Å². The number of hydrogen-bond acceptors (Lipinski definition) is 3. The first-order valence-electron chi connectivity index (χ1n) is 7.93. The zero-order valence-electron chi connectivity index (χ0n) is 13.2. The van der Waals surface area contributed by atoms with Crippen molar-refractivity contribution in [3.05, 3.63) is 58.6 Å². The zero-order chi connectivity index (χ0) is 16.2. The minimum absolute atomic E-state index is 0.169. The molecule has 3 rings (SSSR count). The summed E-state index contributed by atoms with van der Waals surface area (Å²) < 4.78 is 0. The van der Waals surface area contributed by atoms with E-state index in [2.05, 4.69) is 9.97 Å². The molecule has 5 heteroatoms. The van der Waals surface area contributed by atoms with Crippen molar-refractivity contribution in [2.75, 3.05) is 13.1 Å². The van der Waals surface area contributed by atoms with Crippen LogP contribution in [0.5, 0.6) is 0 Å². The monoisotopic (exact) mass is 329 g/mol. The van der Waals surface area contributed by atoms with E-state index in [9.17, 15) is 4.79 Å². The summed E-state index contributed by atoms with van der Waals surface area (Å²) in [5, 5.41) is 0.693. The van der Waals surface area contributed by atoms with Crippen LogP contribution in [0, 0.1) is 6.92 Å². The number of carbonyl (C=O) groups is 1. The highest BCUT2D eigenvalue weighted by Gasteiger charge is 2.25. The van der Waals surface area contributed by atoms with Gasteiger partial charge >= 0.3 is 0 Å². The number of aromatic nitrogens is 2. The van der Waals surface area contributed by atoms with Gasteiger partial charge in [0.05, 0.1) is 6.42 Å². The van der Waals surface area contributed by atoms with Crippen molar-refractivity contribution in [2.24, 2.45) is 0 Å². The lowest BCUT2D eigenvalue weighted by Gasteiger charge is -2.32. The number of likely N-dealkylation sites (tertiary alicyclic amines) is 1. The Kier molecular flexibility index (Phi) is 4.91. The molecule has 2 heterocycles. The van der Waals surface area contributed by atoms with Gasteiger partial charge in [-0.15, -0.1) is 0 Å². The second-order valence-corrected chi connectivity index (χ2v) is 6.45. The molecule has 2 aromatic rings. The van der Waals surface area contributed by atoms with Crippen LogP contribution in [0.2, 0.25) is 5.02 Å². The van der Waals surface area contributed by atoms with Gasteiger partial charge in [-0.25, -0.2) is 9.97 Å². The molecule has 1 unspecified atom stereocenters. The van der Waals surface area contributed by atoms with E-state index in [-0.39, 0.29) is 5.91 Å². The average Bonchev–Trinajstić information content (AvgIpc) is 2.57. The summed E-state index contributed by atoms with van der Waals surface area (Å²) in [6.07, 6.45) is 4.31. The summed E-state index contributed by atoms with van der Waals surface area (Å²) in [7, 11) is 0. The number of carbonyl (C=O) groups excluding carboxylic acids is 1. The Morgan fingerprint density at radius 1 is 1.30 bits per heavy atom. The molecule has 1 amide bonds. The van der Waals surface area contributed by atoms with E-state index in [1.807, 2.05) is 42.2 Å². The maximum Gasteiger partial charge on any atom is 0.227 e. The maximum atomic E-state index is 12.6. The minimum Gasteiger partial charge on any atom is -0.342 e. The van der Waals surface area contributed by atoms with Gasteiger partial charge in [0.2, 0.25) is 5.91 Å². The third-order valence-corrected chi connectivity index (χ3v) is 4.51. The fourth-order valence-corrected chi connectivity index (χ4v) is 3.16. The molecule has 23 heavy (non-hydrogen) atoms. The van der Waals surface area contributed by atoms with E-state index >= 15 is 0 Å². The van der Waals surface area contributed by atoms with Crippen molar-refractivity contribution < 1.29 is 4.79 Å². The molecule has 120 valence electrons. The topological polar surface area (TPSA) is 46.1 Å².